The lowest BCUT2D eigenvalue weighted by molar-refractivity contribution is -0.386. The molecule has 0 bridgehead atoms. The van der Waals surface area contributed by atoms with Crippen molar-refractivity contribution in [1.29, 1.82) is 0 Å². The van der Waals surface area contributed by atoms with Crippen LogP contribution in [0, 0.1) is 22.9 Å². The molecule has 0 fully saturated rings. The van der Waals surface area contributed by atoms with Crippen molar-refractivity contribution in [3.05, 3.63) is 33.6 Å². The summed E-state index contributed by atoms with van der Waals surface area (Å²) in [5, 5.41) is 12.8. The lowest BCUT2D eigenvalue weighted by Crippen LogP contribution is -2.10. The fraction of sp³-hybridized carbons (Fsp3) is 0.222. The molecular formula is C9H9FN2O3. The number of hydrogen-bond acceptors (Lipinski definition) is 3. The molecule has 80 valence electrons. The molecule has 1 aromatic carbocycles. The molecule has 5 nitrogen and oxygen atoms in total. The monoisotopic (exact) mass is 212 g/mol. The first-order valence-electron chi connectivity index (χ1n) is 4.14. The molecule has 0 unspecified atom stereocenters. The van der Waals surface area contributed by atoms with E-state index in [2.05, 4.69) is 5.32 Å². The van der Waals surface area contributed by atoms with E-state index in [0.717, 1.165) is 6.07 Å². The predicted molar refractivity (Wildman–Crippen MR) is 52.1 cm³/mol. The molecule has 6 heteroatoms. The predicted octanol–water partition coefficient (Wildman–Crippen LogP) is 2.00. The molecule has 0 saturated heterocycles. The van der Waals surface area contributed by atoms with Crippen molar-refractivity contribution in [2.24, 2.45) is 0 Å². The van der Waals surface area contributed by atoms with Gasteiger partial charge in [-0.2, -0.15) is 4.39 Å². The number of amides is 1. The number of aryl methyl sites for hydroxylation is 1. The van der Waals surface area contributed by atoms with E-state index < -0.39 is 22.3 Å². The van der Waals surface area contributed by atoms with Gasteiger partial charge in [0.1, 0.15) is 5.69 Å². The van der Waals surface area contributed by atoms with Gasteiger partial charge in [0, 0.05) is 6.92 Å². The summed E-state index contributed by atoms with van der Waals surface area (Å²) in [4.78, 5) is 20.5. The van der Waals surface area contributed by atoms with E-state index >= 15 is 0 Å². The fourth-order valence-electron chi connectivity index (χ4n) is 1.18. The summed E-state index contributed by atoms with van der Waals surface area (Å²) in [6, 6.07) is 2.37. The van der Waals surface area contributed by atoms with Crippen LogP contribution in [0.2, 0.25) is 0 Å². The molecule has 0 aliphatic rings. The molecule has 0 atom stereocenters. The Kier molecular flexibility index (Phi) is 2.99. The van der Waals surface area contributed by atoms with Gasteiger partial charge in [-0.3, -0.25) is 14.9 Å². The van der Waals surface area contributed by atoms with Crippen molar-refractivity contribution in [2.45, 2.75) is 13.8 Å². The lowest BCUT2D eigenvalue weighted by Gasteiger charge is -2.07. The Labute approximate surface area is 85.1 Å². The van der Waals surface area contributed by atoms with Crippen LogP contribution in [-0.2, 0) is 4.79 Å². The highest BCUT2D eigenvalue weighted by molar-refractivity contribution is 5.92. The number of carbonyl (C=O) groups is 1. The highest BCUT2D eigenvalue weighted by atomic mass is 19.1. The molecule has 15 heavy (non-hydrogen) atoms. The van der Waals surface area contributed by atoms with Gasteiger partial charge in [0.05, 0.1) is 4.92 Å². The number of hydrogen-bond donors (Lipinski definition) is 1. The van der Waals surface area contributed by atoms with E-state index in [9.17, 15) is 19.3 Å². The Morgan fingerprint density at radius 2 is 2.13 bits per heavy atom. The first-order chi connectivity index (χ1) is 6.93. The summed E-state index contributed by atoms with van der Waals surface area (Å²) in [6.45, 7) is 2.76. The summed E-state index contributed by atoms with van der Waals surface area (Å²) in [6.07, 6.45) is 0. The SMILES string of the molecule is CC(=O)Nc1c(C)ccc(F)c1[N+](=O)[O-]. The minimum absolute atomic E-state index is 0.0903. The Morgan fingerprint density at radius 3 is 2.60 bits per heavy atom. The number of rotatable bonds is 2. The highest BCUT2D eigenvalue weighted by Crippen LogP contribution is 2.30. The largest absolute Gasteiger partial charge is 0.328 e. The molecule has 0 aliphatic carbocycles. The maximum atomic E-state index is 13.1. The quantitative estimate of drug-likeness (QED) is 0.601. The Morgan fingerprint density at radius 1 is 1.53 bits per heavy atom. The van der Waals surface area contributed by atoms with Gasteiger partial charge in [-0.1, -0.05) is 6.07 Å². The minimum atomic E-state index is -0.964. The Hall–Kier alpha value is -1.98. The number of anilines is 1. The zero-order valence-electron chi connectivity index (χ0n) is 8.20. The van der Waals surface area contributed by atoms with Gasteiger partial charge in [-0.15, -0.1) is 0 Å². The average molecular weight is 212 g/mol. The van der Waals surface area contributed by atoms with Gasteiger partial charge in [-0.25, -0.2) is 0 Å². The smallest absolute Gasteiger partial charge is 0.320 e. The normalized spacial score (nSPS) is 9.80. The van der Waals surface area contributed by atoms with Crippen LogP contribution in [0.25, 0.3) is 0 Å². The van der Waals surface area contributed by atoms with E-state index in [1.54, 1.807) is 6.92 Å². The first kappa shape index (κ1) is 11.1. The van der Waals surface area contributed by atoms with Crippen molar-refractivity contribution in [3.63, 3.8) is 0 Å². The van der Waals surface area contributed by atoms with Crippen molar-refractivity contribution in [2.75, 3.05) is 5.32 Å². The fourth-order valence-corrected chi connectivity index (χ4v) is 1.18. The maximum Gasteiger partial charge on any atom is 0.328 e. The topological polar surface area (TPSA) is 72.2 Å². The summed E-state index contributed by atoms with van der Waals surface area (Å²) in [5.74, 6) is -1.44. The summed E-state index contributed by atoms with van der Waals surface area (Å²) >= 11 is 0. The van der Waals surface area contributed by atoms with Crippen LogP contribution in [0.1, 0.15) is 12.5 Å². The second-order valence-electron chi connectivity index (χ2n) is 3.03. The molecule has 0 radical (unpaired) electrons. The molecule has 0 aliphatic heterocycles. The van der Waals surface area contributed by atoms with Gasteiger partial charge in [0.25, 0.3) is 0 Å². The summed E-state index contributed by atoms with van der Waals surface area (Å²) < 4.78 is 13.1. The number of nitrogens with zero attached hydrogens (tertiary/aromatic N) is 1. The second kappa shape index (κ2) is 4.04. The van der Waals surface area contributed by atoms with E-state index in [-0.39, 0.29) is 5.69 Å². The zero-order chi connectivity index (χ0) is 11.6. The van der Waals surface area contributed by atoms with Gasteiger partial charge >= 0.3 is 5.69 Å². The van der Waals surface area contributed by atoms with Gasteiger partial charge < -0.3 is 5.32 Å². The van der Waals surface area contributed by atoms with E-state index in [1.165, 1.54) is 13.0 Å². The Bertz CT molecular complexity index is 432. The van der Waals surface area contributed by atoms with Crippen LogP contribution in [-0.4, -0.2) is 10.8 Å². The number of nitro benzene ring substituents is 1. The zero-order valence-corrected chi connectivity index (χ0v) is 8.20. The third-order valence-electron chi connectivity index (χ3n) is 1.82. The number of halogens is 1. The molecule has 1 N–H and O–H groups in total. The minimum Gasteiger partial charge on any atom is -0.320 e. The van der Waals surface area contributed by atoms with Gasteiger partial charge in [-0.05, 0) is 18.6 Å². The van der Waals surface area contributed by atoms with Crippen molar-refractivity contribution in [1.82, 2.24) is 0 Å². The standard InChI is InChI=1S/C9H9FN2O3/c1-5-3-4-7(10)9(12(14)15)8(5)11-6(2)13/h3-4H,1-2H3,(H,11,13). The molecule has 1 rings (SSSR count). The van der Waals surface area contributed by atoms with Gasteiger partial charge in [0.2, 0.25) is 11.7 Å². The van der Waals surface area contributed by atoms with E-state index in [4.69, 9.17) is 0 Å². The second-order valence-corrected chi connectivity index (χ2v) is 3.03. The molecule has 1 aromatic rings. The van der Waals surface area contributed by atoms with E-state index in [0.29, 0.717) is 5.56 Å². The molecule has 0 heterocycles. The molecule has 0 saturated carbocycles. The number of nitro groups is 1. The van der Waals surface area contributed by atoms with Gasteiger partial charge in [0.15, 0.2) is 0 Å². The summed E-state index contributed by atoms with van der Waals surface area (Å²) in [5.41, 5.74) is -0.351. The van der Waals surface area contributed by atoms with Crippen LogP contribution < -0.4 is 5.32 Å². The highest BCUT2D eigenvalue weighted by Gasteiger charge is 2.22. The molecular weight excluding hydrogens is 203 g/mol. The van der Waals surface area contributed by atoms with E-state index in [1.807, 2.05) is 0 Å². The van der Waals surface area contributed by atoms with Crippen LogP contribution in [0.4, 0.5) is 15.8 Å². The Balaban J connectivity index is 3.38. The van der Waals surface area contributed by atoms with Crippen molar-refractivity contribution < 1.29 is 14.1 Å². The van der Waals surface area contributed by atoms with Crippen LogP contribution in [0.3, 0.4) is 0 Å². The third-order valence-corrected chi connectivity index (χ3v) is 1.82. The number of carbonyl (C=O) groups excluding carboxylic acids is 1. The first-order valence-corrected chi connectivity index (χ1v) is 4.14. The van der Waals surface area contributed by atoms with Crippen LogP contribution in [0.15, 0.2) is 12.1 Å². The molecule has 0 spiro atoms. The number of benzene rings is 1. The number of nitrogens with one attached hydrogen (secondary N) is 1. The summed E-state index contributed by atoms with van der Waals surface area (Å²) in [7, 11) is 0. The van der Waals surface area contributed by atoms with Crippen LogP contribution in [0.5, 0.6) is 0 Å². The maximum absolute atomic E-state index is 13.1. The third kappa shape index (κ3) is 2.28. The average Bonchev–Trinajstić information content (AvgIpc) is 2.10. The lowest BCUT2D eigenvalue weighted by atomic mass is 10.1. The van der Waals surface area contributed by atoms with Crippen molar-refractivity contribution >= 4 is 17.3 Å². The molecule has 0 aromatic heterocycles. The molecule has 1 amide bonds. The van der Waals surface area contributed by atoms with Crippen molar-refractivity contribution in [3.8, 4) is 0 Å². The van der Waals surface area contributed by atoms with Crippen LogP contribution >= 0.6 is 0 Å².